The Morgan fingerprint density at radius 2 is 1.86 bits per heavy atom. The van der Waals surface area contributed by atoms with Gasteiger partial charge in [0, 0.05) is 28.0 Å². The first kappa shape index (κ1) is 19.7. The van der Waals surface area contributed by atoms with Gasteiger partial charge in [-0.3, -0.25) is 14.5 Å². The Morgan fingerprint density at radius 3 is 2.45 bits per heavy atom. The number of aromatic nitrogens is 1. The fourth-order valence-electron chi connectivity index (χ4n) is 4.33. The van der Waals surface area contributed by atoms with E-state index in [4.69, 9.17) is 11.6 Å². The molecule has 0 spiro atoms. The average Bonchev–Trinajstić information content (AvgIpc) is 3.43. The third-order valence-electron chi connectivity index (χ3n) is 6.04. The van der Waals surface area contributed by atoms with Crippen molar-refractivity contribution in [3.8, 4) is 0 Å². The summed E-state index contributed by atoms with van der Waals surface area (Å²) in [6.45, 7) is 5.48. The number of amides is 3. The van der Waals surface area contributed by atoms with Crippen molar-refractivity contribution in [2.75, 3.05) is 6.54 Å². The van der Waals surface area contributed by atoms with Crippen LogP contribution in [0.1, 0.15) is 59.5 Å². The number of urea groups is 1. The molecule has 1 unspecified atom stereocenters. The number of nitrogens with zero attached hydrogens (tertiary/aromatic N) is 2. The van der Waals surface area contributed by atoms with Crippen LogP contribution in [0.4, 0.5) is 4.79 Å². The molecular formula is C22H24ClN3O3. The summed E-state index contributed by atoms with van der Waals surface area (Å²) in [4.78, 5) is 39.9. The first-order valence-corrected chi connectivity index (χ1v) is 10.3. The summed E-state index contributed by atoms with van der Waals surface area (Å²) in [6, 6.07) is 8.63. The van der Waals surface area contributed by atoms with Crippen LogP contribution in [0.15, 0.2) is 30.3 Å². The van der Waals surface area contributed by atoms with Gasteiger partial charge in [0.15, 0.2) is 5.78 Å². The molecule has 6 nitrogen and oxygen atoms in total. The Kier molecular flexibility index (Phi) is 4.77. The highest BCUT2D eigenvalue weighted by Gasteiger charge is 2.51. The number of rotatable bonds is 6. The van der Waals surface area contributed by atoms with Crippen molar-refractivity contribution in [2.45, 2.75) is 51.6 Å². The van der Waals surface area contributed by atoms with Gasteiger partial charge < -0.3 is 9.88 Å². The Morgan fingerprint density at radius 1 is 1.21 bits per heavy atom. The Bertz CT molecular complexity index is 1010. The minimum absolute atomic E-state index is 0.225. The number of carbonyl (C=O) groups is 3. The third-order valence-corrected chi connectivity index (χ3v) is 6.29. The maximum atomic E-state index is 13.2. The molecule has 1 saturated carbocycles. The van der Waals surface area contributed by atoms with Crippen LogP contribution in [-0.2, 0) is 10.3 Å². The molecule has 2 fully saturated rings. The molecule has 29 heavy (non-hydrogen) atoms. The van der Waals surface area contributed by atoms with Gasteiger partial charge in [-0.1, -0.05) is 30.7 Å². The summed E-state index contributed by atoms with van der Waals surface area (Å²) in [5, 5.41) is 3.36. The van der Waals surface area contributed by atoms with E-state index in [-0.39, 0.29) is 12.3 Å². The number of halogens is 1. The van der Waals surface area contributed by atoms with Gasteiger partial charge in [0.25, 0.3) is 5.91 Å². The number of nitrogens with one attached hydrogen (secondary N) is 1. The smallest absolute Gasteiger partial charge is 0.325 e. The number of Topliss-reactive ketones (excluding diaryl/α,β-unsaturated/α-hetero) is 1. The maximum absolute atomic E-state index is 13.2. The van der Waals surface area contributed by atoms with Crippen molar-refractivity contribution in [3.05, 3.63) is 57.9 Å². The Hall–Kier alpha value is -2.60. The lowest BCUT2D eigenvalue weighted by molar-refractivity contribution is -0.131. The molecule has 1 aliphatic carbocycles. The zero-order valence-corrected chi connectivity index (χ0v) is 17.5. The minimum atomic E-state index is -1.17. The lowest BCUT2D eigenvalue weighted by Gasteiger charge is -2.25. The SMILES string of the molecule is CCC1(c2ccc(Cl)cc2)NC(=O)N(CC(=O)c2cc(C)n(C3CC3)c2C)C1=O. The number of ketones is 1. The molecular weight excluding hydrogens is 390 g/mol. The van der Waals surface area contributed by atoms with E-state index in [2.05, 4.69) is 9.88 Å². The second-order valence-electron chi connectivity index (χ2n) is 7.90. The van der Waals surface area contributed by atoms with Crippen LogP contribution in [0.2, 0.25) is 5.02 Å². The fourth-order valence-corrected chi connectivity index (χ4v) is 4.45. The summed E-state index contributed by atoms with van der Waals surface area (Å²) in [5.74, 6) is -0.631. The van der Waals surface area contributed by atoms with Crippen LogP contribution in [0.3, 0.4) is 0 Å². The summed E-state index contributed by atoms with van der Waals surface area (Å²) >= 11 is 5.96. The van der Waals surface area contributed by atoms with Gasteiger partial charge in [-0.2, -0.15) is 0 Å². The molecule has 1 atom stereocenters. The van der Waals surface area contributed by atoms with Crippen LogP contribution < -0.4 is 5.32 Å². The van der Waals surface area contributed by atoms with Crippen molar-refractivity contribution in [3.63, 3.8) is 0 Å². The highest BCUT2D eigenvalue weighted by atomic mass is 35.5. The Balaban J connectivity index is 1.60. The minimum Gasteiger partial charge on any atom is -0.345 e. The highest BCUT2D eigenvalue weighted by Crippen LogP contribution is 2.39. The van der Waals surface area contributed by atoms with Gasteiger partial charge >= 0.3 is 6.03 Å². The molecule has 1 aliphatic heterocycles. The lowest BCUT2D eigenvalue weighted by Crippen LogP contribution is -2.43. The molecule has 0 bridgehead atoms. The van der Waals surface area contributed by atoms with E-state index in [1.54, 1.807) is 24.3 Å². The van der Waals surface area contributed by atoms with E-state index >= 15 is 0 Å². The van der Waals surface area contributed by atoms with Crippen LogP contribution in [-0.4, -0.2) is 33.7 Å². The van der Waals surface area contributed by atoms with Crippen LogP contribution in [0.5, 0.6) is 0 Å². The van der Waals surface area contributed by atoms with Gasteiger partial charge in [0.05, 0.1) is 6.54 Å². The largest absolute Gasteiger partial charge is 0.345 e. The molecule has 152 valence electrons. The molecule has 2 aliphatic rings. The molecule has 0 radical (unpaired) electrons. The predicted molar refractivity (Wildman–Crippen MR) is 110 cm³/mol. The van der Waals surface area contributed by atoms with Gasteiger partial charge in [-0.05, 0) is 56.9 Å². The molecule has 4 rings (SSSR count). The van der Waals surface area contributed by atoms with Gasteiger partial charge in [-0.25, -0.2) is 4.79 Å². The number of benzene rings is 1. The number of imide groups is 1. The molecule has 2 heterocycles. The van der Waals surface area contributed by atoms with Crippen molar-refractivity contribution in [1.29, 1.82) is 0 Å². The number of hydrogen-bond donors (Lipinski definition) is 1. The highest BCUT2D eigenvalue weighted by molar-refractivity contribution is 6.30. The number of hydrogen-bond acceptors (Lipinski definition) is 3. The average molecular weight is 414 g/mol. The maximum Gasteiger partial charge on any atom is 0.325 e. The topological polar surface area (TPSA) is 71.4 Å². The fraction of sp³-hybridized carbons (Fsp3) is 0.409. The van der Waals surface area contributed by atoms with E-state index in [1.165, 1.54) is 0 Å². The zero-order chi connectivity index (χ0) is 20.9. The molecule has 2 aromatic rings. The van der Waals surface area contributed by atoms with E-state index in [1.807, 2.05) is 26.8 Å². The molecule has 1 aromatic heterocycles. The van der Waals surface area contributed by atoms with Gasteiger partial charge in [0.2, 0.25) is 0 Å². The standard InChI is InChI=1S/C22H24ClN3O3/c1-4-22(15-5-7-16(23)8-6-15)20(28)25(21(29)24-22)12-19(27)18-11-13(2)26(14(18)3)17-9-10-17/h5-8,11,17H,4,9-10,12H2,1-3H3,(H,24,29). The van der Waals surface area contributed by atoms with E-state index in [0.717, 1.165) is 29.1 Å². The van der Waals surface area contributed by atoms with E-state index in [9.17, 15) is 14.4 Å². The zero-order valence-electron chi connectivity index (χ0n) is 16.8. The molecule has 1 saturated heterocycles. The van der Waals surface area contributed by atoms with Gasteiger partial charge in [-0.15, -0.1) is 0 Å². The van der Waals surface area contributed by atoms with E-state index < -0.39 is 17.5 Å². The van der Waals surface area contributed by atoms with Crippen molar-refractivity contribution < 1.29 is 14.4 Å². The van der Waals surface area contributed by atoms with Crippen LogP contribution in [0.25, 0.3) is 0 Å². The second kappa shape index (κ2) is 7.02. The summed E-state index contributed by atoms with van der Waals surface area (Å²) in [6.07, 6.45) is 2.62. The van der Waals surface area contributed by atoms with Crippen molar-refractivity contribution >= 4 is 29.3 Å². The first-order chi connectivity index (χ1) is 13.8. The molecule has 1 aromatic carbocycles. The van der Waals surface area contributed by atoms with E-state index in [0.29, 0.717) is 28.6 Å². The third kappa shape index (κ3) is 3.15. The summed E-state index contributed by atoms with van der Waals surface area (Å²) in [7, 11) is 0. The normalized spacial score (nSPS) is 21.6. The Labute approximate surface area is 174 Å². The quantitative estimate of drug-likeness (QED) is 0.571. The van der Waals surface area contributed by atoms with Crippen molar-refractivity contribution in [1.82, 2.24) is 14.8 Å². The lowest BCUT2D eigenvalue weighted by atomic mass is 9.87. The molecule has 1 N–H and O–H groups in total. The predicted octanol–water partition coefficient (Wildman–Crippen LogP) is 4.13. The monoisotopic (exact) mass is 413 g/mol. The summed E-state index contributed by atoms with van der Waals surface area (Å²) < 4.78 is 2.18. The van der Waals surface area contributed by atoms with Crippen LogP contribution in [0, 0.1) is 13.8 Å². The van der Waals surface area contributed by atoms with Crippen molar-refractivity contribution in [2.24, 2.45) is 0 Å². The van der Waals surface area contributed by atoms with Gasteiger partial charge in [0.1, 0.15) is 5.54 Å². The number of carbonyl (C=O) groups excluding carboxylic acids is 3. The molecule has 3 amide bonds. The molecule has 7 heteroatoms. The van der Waals surface area contributed by atoms with Crippen LogP contribution >= 0.6 is 11.6 Å². The summed E-state index contributed by atoms with van der Waals surface area (Å²) in [5.41, 5.74) is 2.00. The second-order valence-corrected chi connectivity index (χ2v) is 8.33. The first-order valence-electron chi connectivity index (χ1n) is 9.90. The number of aryl methyl sites for hydroxylation is 1.